The van der Waals surface area contributed by atoms with Gasteiger partial charge in [-0.2, -0.15) is 0 Å². The van der Waals surface area contributed by atoms with Crippen molar-refractivity contribution < 1.29 is 9.53 Å². The number of halogens is 1. The van der Waals surface area contributed by atoms with Crippen molar-refractivity contribution in [3.8, 4) is 5.75 Å². The molecule has 110 valence electrons. The van der Waals surface area contributed by atoms with E-state index in [1.54, 1.807) is 18.2 Å². The van der Waals surface area contributed by atoms with E-state index < -0.39 is 0 Å². The minimum absolute atomic E-state index is 0.207. The molecule has 0 aliphatic heterocycles. The Kier molecular flexibility index (Phi) is 5.22. The summed E-state index contributed by atoms with van der Waals surface area (Å²) in [6.45, 7) is 2.63. The summed E-state index contributed by atoms with van der Waals surface area (Å²) in [4.78, 5) is 12.2. The van der Waals surface area contributed by atoms with Crippen LogP contribution in [0.15, 0.2) is 46.9 Å². The molecule has 0 aliphatic rings. The van der Waals surface area contributed by atoms with E-state index in [1.807, 2.05) is 31.2 Å². The number of hydrogen-bond acceptors (Lipinski definition) is 3. The van der Waals surface area contributed by atoms with Gasteiger partial charge in [0.05, 0.1) is 12.3 Å². The SMILES string of the molecule is CCCOc1ccc(C(=O)Nc2cccc(Br)c2)cc1N. The van der Waals surface area contributed by atoms with Gasteiger partial charge in [0.25, 0.3) is 5.91 Å². The molecule has 0 atom stereocenters. The molecule has 0 aliphatic carbocycles. The van der Waals surface area contributed by atoms with Crippen molar-refractivity contribution in [2.45, 2.75) is 13.3 Å². The Balaban J connectivity index is 2.11. The lowest BCUT2D eigenvalue weighted by Crippen LogP contribution is -2.12. The summed E-state index contributed by atoms with van der Waals surface area (Å²) in [5, 5.41) is 2.82. The van der Waals surface area contributed by atoms with Crippen LogP contribution in [0.5, 0.6) is 5.75 Å². The highest BCUT2D eigenvalue weighted by molar-refractivity contribution is 9.10. The fourth-order valence-corrected chi connectivity index (χ4v) is 2.20. The van der Waals surface area contributed by atoms with E-state index in [0.29, 0.717) is 23.6 Å². The van der Waals surface area contributed by atoms with Crippen molar-refractivity contribution in [1.82, 2.24) is 0 Å². The molecule has 2 aromatic rings. The second kappa shape index (κ2) is 7.13. The zero-order chi connectivity index (χ0) is 15.2. The second-order valence-electron chi connectivity index (χ2n) is 4.57. The first-order chi connectivity index (χ1) is 10.1. The Morgan fingerprint density at radius 2 is 2.10 bits per heavy atom. The van der Waals surface area contributed by atoms with Crippen molar-refractivity contribution in [2.75, 3.05) is 17.7 Å². The molecule has 1 amide bonds. The molecule has 0 aromatic heterocycles. The van der Waals surface area contributed by atoms with Crippen LogP contribution in [0.4, 0.5) is 11.4 Å². The molecule has 0 spiro atoms. The molecule has 0 saturated heterocycles. The minimum atomic E-state index is -0.207. The summed E-state index contributed by atoms with van der Waals surface area (Å²) in [6.07, 6.45) is 0.907. The lowest BCUT2D eigenvalue weighted by molar-refractivity contribution is 0.102. The van der Waals surface area contributed by atoms with Crippen molar-refractivity contribution in [3.63, 3.8) is 0 Å². The number of nitrogens with two attached hydrogens (primary N) is 1. The fourth-order valence-electron chi connectivity index (χ4n) is 1.80. The van der Waals surface area contributed by atoms with Gasteiger partial charge < -0.3 is 15.8 Å². The van der Waals surface area contributed by atoms with Gasteiger partial charge in [0.2, 0.25) is 0 Å². The third-order valence-corrected chi connectivity index (χ3v) is 3.31. The van der Waals surface area contributed by atoms with Crippen LogP contribution in [0.1, 0.15) is 23.7 Å². The molecule has 0 heterocycles. The van der Waals surface area contributed by atoms with Crippen molar-refractivity contribution in [3.05, 3.63) is 52.5 Å². The first kappa shape index (κ1) is 15.4. The molecule has 21 heavy (non-hydrogen) atoms. The molecular weight excluding hydrogens is 332 g/mol. The van der Waals surface area contributed by atoms with Crippen LogP contribution in [0.3, 0.4) is 0 Å². The maximum absolute atomic E-state index is 12.2. The van der Waals surface area contributed by atoms with E-state index in [2.05, 4.69) is 21.2 Å². The average molecular weight is 349 g/mol. The average Bonchev–Trinajstić information content (AvgIpc) is 2.46. The summed E-state index contributed by atoms with van der Waals surface area (Å²) < 4.78 is 6.40. The van der Waals surface area contributed by atoms with Crippen LogP contribution >= 0.6 is 15.9 Å². The highest BCUT2D eigenvalue weighted by Crippen LogP contribution is 2.23. The number of nitrogens with one attached hydrogen (secondary N) is 1. The monoisotopic (exact) mass is 348 g/mol. The quantitative estimate of drug-likeness (QED) is 0.800. The van der Waals surface area contributed by atoms with Crippen LogP contribution < -0.4 is 15.8 Å². The van der Waals surface area contributed by atoms with Gasteiger partial charge in [-0.25, -0.2) is 0 Å². The van der Waals surface area contributed by atoms with E-state index in [9.17, 15) is 4.79 Å². The molecule has 0 unspecified atom stereocenters. The summed E-state index contributed by atoms with van der Waals surface area (Å²) >= 11 is 3.37. The van der Waals surface area contributed by atoms with Crippen molar-refractivity contribution in [2.24, 2.45) is 0 Å². The molecule has 0 saturated carbocycles. The number of anilines is 2. The molecule has 0 bridgehead atoms. The normalized spacial score (nSPS) is 10.2. The Labute approximate surface area is 132 Å². The van der Waals surface area contributed by atoms with E-state index in [1.165, 1.54) is 0 Å². The molecule has 4 nitrogen and oxygen atoms in total. The van der Waals surface area contributed by atoms with Gasteiger partial charge in [-0.3, -0.25) is 4.79 Å². The Hall–Kier alpha value is -2.01. The predicted octanol–water partition coefficient (Wildman–Crippen LogP) is 4.07. The zero-order valence-electron chi connectivity index (χ0n) is 11.7. The number of rotatable bonds is 5. The number of carbonyl (C=O) groups excluding carboxylic acids is 1. The number of nitrogen functional groups attached to an aromatic ring is 1. The number of carbonyl (C=O) groups is 1. The van der Waals surface area contributed by atoms with Crippen LogP contribution in [0.2, 0.25) is 0 Å². The molecule has 0 radical (unpaired) electrons. The van der Waals surface area contributed by atoms with Gasteiger partial charge in [0.1, 0.15) is 5.75 Å². The zero-order valence-corrected chi connectivity index (χ0v) is 13.3. The Bertz CT molecular complexity index is 644. The molecule has 2 rings (SSSR count). The molecule has 0 fully saturated rings. The fraction of sp³-hybridized carbons (Fsp3) is 0.188. The van der Waals surface area contributed by atoms with E-state index in [0.717, 1.165) is 16.6 Å². The topological polar surface area (TPSA) is 64.3 Å². The Morgan fingerprint density at radius 3 is 2.76 bits per heavy atom. The van der Waals surface area contributed by atoms with E-state index >= 15 is 0 Å². The maximum atomic E-state index is 12.2. The number of ether oxygens (including phenoxy) is 1. The number of hydrogen-bond donors (Lipinski definition) is 2. The Morgan fingerprint density at radius 1 is 1.29 bits per heavy atom. The van der Waals surface area contributed by atoms with Crippen molar-refractivity contribution in [1.29, 1.82) is 0 Å². The summed E-state index contributed by atoms with van der Waals surface area (Å²) in [5.41, 5.74) is 7.59. The van der Waals surface area contributed by atoms with Gasteiger partial charge >= 0.3 is 0 Å². The first-order valence-electron chi connectivity index (χ1n) is 6.69. The number of amides is 1. The van der Waals surface area contributed by atoms with Crippen LogP contribution in [0, 0.1) is 0 Å². The first-order valence-corrected chi connectivity index (χ1v) is 7.48. The highest BCUT2D eigenvalue weighted by atomic mass is 79.9. The molecule has 2 aromatic carbocycles. The van der Waals surface area contributed by atoms with E-state index in [-0.39, 0.29) is 5.91 Å². The van der Waals surface area contributed by atoms with Gasteiger partial charge in [-0.15, -0.1) is 0 Å². The van der Waals surface area contributed by atoms with E-state index in [4.69, 9.17) is 10.5 Å². The van der Waals surface area contributed by atoms with Crippen LogP contribution in [-0.4, -0.2) is 12.5 Å². The predicted molar refractivity (Wildman–Crippen MR) is 88.7 cm³/mol. The third-order valence-electron chi connectivity index (χ3n) is 2.82. The van der Waals surface area contributed by atoms with Gasteiger partial charge in [-0.1, -0.05) is 28.9 Å². The van der Waals surface area contributed by atoms with Crippen LogP contribution in [-0.2, 0) is 0 Å². The second-order valence-corrected chi connectivity index (χ2v) is 5.48. The smallest absolute Gasteiger partial charge is 0.255 e. The molecule has 3 N–H and O–H groups in total. The number of benzene rings is 2. The highest BCUT2D eigenvalue weighted by Gasteiger charge is 2.09. The van der Waals surface area contributed by atoms with Gasteiger partial charge in [0.15, 0.2) is 0 Å². The third kappa shape index (κ3) is 4.23. The van der Waals surface area contributed by atoms with Crippen molar-refractivity contribution >= 4 is 33.2 Å². The summed E-state index contributed by atoms with van der Waals surface area (Å²) in [7, 11) is 0. The largest absolute Gasteiger partial charge is 0.491 e. The maximum Gasteiger partial charge on any atom is 0.255 e. The standard InChI is InChI=1S/C16H17BrN2O2/c1-2-8-21-15-7-6-11(9-14(15)18)16(20)19-13-5-3-4-12(17)10-13/h3-7,9-10H,2,8,18H2,1H3,(H,19,20). The lowest BCUT2D eigenvalue weighted by Gasteiger charge is -2.10. The summed E-state index contributed by atoms with van der Waals surface area (Å²) in [6, 6.07) is 12.5. The minimum Gasteiger partial charge on any atom is -0.491 e. The van der Waals surface area contributed by atoms with Crippen LogP contribution in [0.25, 0.3) is 0 Å². The van der Waals surface area contributed by atoms with Gasteiger partial charge in [-0.05, 0) is 42.8 Å². The molecular formula is C16H17BrN2O2. The van der Waals surface area contributed by atoms with Gasteiger partial charge in [0, 0.05) is 15.7 Å². The molecule has 5 heteroatoms. The summed E-state index contributed by atoms with van der Waals surface area (Å²) in [5.74, 6) is 0.401. The lowest BCUT2D eigenvalue weighted by atomic mass is 10.1.